The van der Waals surface area contributed by atoms with Crippen LogP contribution in [-0.4, -0.2) is 37.8 Å². The molecule has 1 saturated carbocycles. The SMILES string of the molecule is CC1CCC(NC(=O)c2cc(S(=O)(=O)N3CCCCC3)ccc2Cl)CC1. The van der Waals surface area contributed by atoms with Crippen molar-refractivity contribution in [2.45, 2.75) is 62.8 Å². The third-order valence-electron chi connectivity index (χ3n) is 5.49. The van der Waals surface area contributed by atoms with E-state index in [9.17, 15) is 13.2 Å². The Morgan fingerprint density at radius 2 is 1.77 bits per heavy atom. The second kappa shape index (κ2) is 8.28. The summed E-state index contributed by atoms with van der Waals surface area (Å²) in [6, 6.07) is 4.56. The largest absolute Gasteiger partial charge is 0.349 e. The quantitative estimate of drug-likeness (QED) is 0.838. The van der Waals surface area contributed by atoms with Crippen LogP contribution in [0.5, 0.6) is 0 Å². The summed E-state index contributed by atoms with van der Waals surface area (Å²) in [5.41, 5.74) is 0.239. The van der Waals surface area contributed by atoms with Crippen LogP contribution in [0.2, 0.25) is 5.02 Å². The average molecular weight is 399 g/mol. The Morgan fingerprint density at radius 1 is 1.12 bits per heavy atom. The molecule has 1 aliphatic heterocycles. The number of piperidine rings is 1. The van der Waals surface area contributed by atoms with E-state index in [-0.39, 0.29) is 27.4 Å². The summed E-state index contributed by atoms with van der Waals surface area (Å²) in [4.78, 5) is 12.8. The molecule has 1 saturated heterocycles. The maximum Gasteiger partial charge on any atom is 0.253 e. The van der Waals surface area contributed by atoms with E-state index in [0.29, 0.717) is 19.0 Å². The highest BCUT2D eigenvalue weighted by Gasteiger charge is 2.28. The van der Waals surface area contributed by atoms with Gasteiger partial charge in [-0.25, -0.2) is 8.42 Å². The van der Waals surface area contributed by atoms with Crippen LogP contribution in [-0.2, 0) is 10.0 Å². The summed E-state index contributed by atoms with van der Waals surface area (Å²) >= 11 is 6.20. The molecule has 0 bridgehead atoms. The summed E-state index contributed by atoms with van der Waals surface area (Å²) in [6.07, 6.45) is 6.91. The van der Waals surface area contributed by atoms with Crippen LogP contribution >= 0.6 is 11.6 Å². The highest BCUT2D eigenvalue weighted by molar-refractivity contribution is 7.89. The second-order valence-electron chi connectivity index (χ2n) is 7.54. The molecular weight excluding hydrogens is 372 g/mol. The molecule has 1 aromatic rings. The number of carbonyl (C=O) groups is 1. The highest BCUT2D eigenvalue weighted by atomic mass is 35.5. The van der Waals surface area contributed by atoms with Crippen LogP contribution in [0.4, 0.5) is 0 Å². The van der Waals surface area contributed by atoms with Crippen molar-refractivity contribution in [3.05, 3.63) is 28.8 Å². The number of nitrogens with one attached hydrogen (secondary N) is 1. The lowest BCUT2D eigenvalue weighted by Crippen LogP contribution is -2.38. The van der Waals surface area contributed by atoms with Crippen LogP contribution in [0.3, 0.4) is 0 Å². The van der Waals surface area contributed by atoms with Crippen molar-refractivity contribution in [2.75, 3.05) is 13.1 Å². The zero-order valence-electron chi connectivity index (χ0n) is 15.2. The molecule has 2 fully saturated rings. The highest BCUT2D eigenvalue weighted by Crippen LogP contribution is 2.27. The van der Waals surface area contributed by atoms with E-state index in [2.05, 4.69) is 12.2 Å². The minimum Gasteiger partial charge on any atom is -0.349 e. The number of hydrogen-bond donors (Lipinski definition) is 1. The smallest absolute Gasteiger partial charge is 0.253 e. The molecule has 3 rings (SSSR count). The van der Waals surface area contributed by atoms with Gasteiger partial charge in [-0.05, 0) is 62.6 Å². The zero-order valence-corrected chi connectivity index (χ0v) is 16.8. The number of benzene rings is 1. The van der Waals surface area contributed by atoms with Crippen molar-refractivity contribution in [2.24, 2.45) is 5.92 Å². The van der Waals surface area contributed by atoms with E-state index in [4.69, 9.17) is 11.6 Å². The fourth-order valence-electron chi connectivity index (χ4n) is 3.76. The van der Waals surface area contributed by atoms with Crippen LogP contribution in [0.1, 0.15) is 62.2 Å². The summed E-state index contributed by atoms with van der Waals surface area (Å²) in [5, 5.41) is 3.30. The van der Waals surface area contributed by atoms with E-state index in [0.717, 1.165) is 44.9 Å². The van der Waals surface area contributed by atoms with Gasteiger partial charge in [0.2, 0.25) is 10.0 Å². The first-order valence-electron chi connectivity index (χ1n) is 9.48. The van der Waals surface area contributed by atoms with Crippen LogP contribution in [0.15, 0.2) is 23.1 Å². The van der Waals surface area contributed by atoms with Gasteiger partial charge in [-0.2, -0.15) is 4.31 Å². The monoisotopic (exact) mass is 398 g/mol. The van der Waals surface area contributed by atoms with Gasteiger partial charge in [-0.1, -0.05) is 24.9 Å². The Balaban J connectivity index is 1.77. The molecule has 1 N–H and O–H groups in total. The Morgan fingerprint density at radius 3 is 2.42 bits per heavy atom. The summed E-state index contributed by atoms with van der Waals surface area (Å²) in [6.45, 7) is 3.29. The van der Waals surface area contributed by atoms with Gasteiger partial charge in [0.25, 0.3) is 5.91 Å². The van der Waals surface area contributed by atoms with Gasteiger partial charge in [-0.3, -0.25) is 4.79 Å². The first-order valence-corrected chi connectivity index (χ1v) is 11.3. The third-order valence-corrected chi connectivity index (χ3v) is 7.71. The van der Waals surface area contributed by atoms with E-state index in [1.54, 1.807) is 0 Å². The molecule has 1 aromatic carbocycles. The van der Waals surface area contributed by atoms with E-state index in [1.807, 2.05) is 0 Å². The first kappa shape index (κ1) is 19.6. The minimum absolute atomic E-state index is 0.136. The predicted molar refractivity (Wildman–Crippen MR) is 103 cm³/mol. The second-order valence-corrected chi connectivity index (χ2v) is 9.88. The van der Waals surface area contributed by atoms with E-state index >= 15 is 0 Å². The number of hydrogen-bond acceptors (Lipinski definition) is 3. The van der Waals surface area contributed by atoms with Gasteiger partial charge in [0, 0.05) is 19.1 Å². The molecule has 0 spiro atoms. The summed E-state index contributed by atoms with van der Waals surface area (Å²) < 4.78 is 27.2. The fourth-order valence-corrected chi connectivity index (χ4v) is 5.51. The average Bonchev–Trinajstić information content (AvgIpc) is 2.64. The van der Waals surface area contributed by atoms with Gasteiger partial charge < -0.3 is 5.32 Å². The number of carbonyl (C=O) groups excluding carboxylic acids is 1. The number of sulfonamides is 1. The molecular formula is C19H27ClN2O3S. The van der Waals surface area contributed by atoms with Crippen molar-refractivity contribution in [1.29, 1.82) is 0 Å². The molecule has 0 aromatic heterocycles. The lowest BCUT2D eigenvalue weighted by atomic mass is 9.87. The molecule has 26 heavy (non-hydrogen) atoms. The molecule has 0 radical (unpaired) electrons. The normalized spacial score (nSPS) is 25.0. The van der Waals surface area contributed by atoms with Crippen molar-refractivity contribution >= 4 is 27.5 Å². The Bertz CT molecular complexity index is 752. The molecule has 144 valence electrons. The van der Waals surface area contributed by atoms with E-state index < -0.39 is 10.0 Å². The molecule has 0 unspecified atom stereocenters. The van der Waals surface area contributed by atoms with Gasteiger partial charge in [-0.15, -0.1) is 0 Å². The lowest BCUT2D eigenvalue weighted by molar-refractivity contribution is 0.0923. The van der Waals surface area contributed by atoms with Crippen LogP contribution in [0, 0.1) is 5.92 Å². The van der Waals surface area contributed by atoms with Crippen LogP contribution < -0.4 is 5.32 Å². The van der Waals surface area contributed by atoms with Gasteiger partial charge in [0.15, 0.2) is 0 Å². The Hall–Kier alpha value is -1.11. The van der Waals surface area contributed by atoms with Gasteiger partial charge >= 0.3 is 0 Å². The van der Waals surface area contributed by atoms with Crippen molar-refractivity contribution in [1.82, 2.24) is 9.62 Å². The first-order chi connectivity index (χ1) is 12.4. The summed E-state index contributed by atoms with van der Waals surface area (Å²) in [5.74, 6) is 0.412. The van der Waals surface area contributed by atoms with Crippen molar-refractivity contribution in [3.63, 3.8) is 0 Å². The predicted octanol–water partition coefficient (Wildman–Crippen LogP) is 3.82. The molecule has 7 heteroatoms. The molecule has 1 aliphatic carbocycles. The number of amides is 1. The minimum atomic E-state index is -3.58. The standard InChI is InChI=1S/C19H27ClN2O3S/c1-14-5-7-15(8-6-14)21-19(23)17-13-16(9-10-18(17)20)26(24,25)22-11-3-2-4-12-22/h9-10,13-15H,2-8,11-12H2,1H3,(H,21,23). The van der Waals surface area contributed by atoms with E-state index in [1.165, 1.54) is 22.5 Å². The molecule has 5 nitrogen and oxygen atoms in total. The molecule has 0 atom stereocenters. The zero-order chi connectivity index (χ0) is 18.7. The fraction of sp³-hybridized carbons (Fsp3) is 0.632. The molecule has 1 amide bonds. The number of halogens is 1. The van der Waals surface area contributed by atoms with Gasteiger partial charge in [0.1, 0.15) is 0 Å². The number of rotatable bonds is 4. The molecule has 1 heterocycles. The number of nitrogens with zero attached hydrogens (tertiary/aromatic N) is 1. The topological polar surface area (TPSA) is 66.5 Å². The molecule has 2 aliphatic rings. The lowest BCUT2D eigenvalue weighted by Gasteiger charge is -2.27. The van der Waals surface area contributed by atoms with Crippen molar-refractivity contribution < 1.29 is 13.2 Å². The maximum absolute atomic E-state index is 12.9. The Kier molecular flexibility index (Phi) is 6.25. The van der Waals surface area contributed by atoms with Crippen LogP contribution in [0.25, 0.3) is 0 Å². The van der Waals surface area contributed by atoms with Crippen molar-refractivity contribution in [3.8, 4) is 0 Å². The maximum atomic E-state index is 12.9. The summed E-state index contributed by atoms with van der Waals surface area (Å²) in [7, 11) is -3.58. The third kappa shape index (κ3) is 4.41. The van der Waals surface area contributed by atoms with Gasteiger partial charge in [0.05, 0.1) is 15.5 Å². The Labute approximate surface area is 161 Å².